The number of hydrogen-bond donors (Lipinski definition) is 1. The Labute approximate surface area is 133 Å². The average molecular weight is 305 g/mol. The summed E-state index contributed by atoms with van der Waals surface area (Å²) in [6, 6.07) is 9.23. The average Bonchev–Trinajstić information content (AvgIpc) is 2.46. The van der Waals surface area contributed by atoms with E-state index in [-0.39, 0.29) is 5.41 Å². The Morgan fingerprint density at radius 3 is 2.57 bits per heavy atom. The number of unbranched alkanes of at least 4 members (excludes halogenated alkanes) is 1. The number of hydrogen-bond acceptors (Lipinski definition) is 3. The van der Waals surface area contributed by atoms with Crippen molar-refractivity contribution >= 4 is 22.6 Å². The third-order valence-electron chi connectivity index (χ3n) is 3.93. The van der Waals surface area contributed by atoms with Crippen LogP contribution in [0.5, 0.6) is 0 Å². The van der Waals surface area contributed by atoms with Crippen molar-refractivity contribution in [1.82, 2.24) is 0 Å². The molecule has 2 nitrogen and oxygen atoms in total. The Morgan fingerprint density at radius 1 is 1.24 bits per heavy atom. The van der Waals surface area contributed by atoms with Crippen LogP contribution < -0.4 is 5.32 Å². The zero-order valence-electron chi connectivity index (χ0n) is 13.8. The summed E-state index contributed by atoms with van der Waals surface area (Å²) >= 11 is 1.83. The Bertz CT molecular complexity index is 471. The Morgan fingerprint density at radius 2 is 1.95 bits per heavy atom. The maximum absolute atomic E-state index is 4.89. The van der Waals surface area contributed by atoms with Crippen molar-refractivity contribution in [2.24, 2.45) is 10.4 Å². The van der Waals surface area contributed by atoms with Gasteiger partial charge in [0, 0.05) is 11.4 Å². The first-order valence-corrected chi connectivity index (χ1v) is 9.04. The van der Waals surface area contributed by atoms with E-state index in [0.29, 0.717) is 6.04 Å². The molecule has 116 valence electrons. The van der Waals surface area contributed by atoms with Gasteiger partial charge < -0.3 is 5.32 Å². The van der Waals surface area contributed by atoms with Crippen LogP contribution >= 0.6 is 11.8 Å². The Hall–Kier alpha value is -0.960. The topological polar surface area (TPSA) is 24.4 Å². The van der Waals surface area contributed by atoms with E-state index in [2.05, 4.69) is 57.3 Å². The van der Waals surface area contributed by atoms with Crippen LogP contribution in [-0.2, 0) is 6.42 Å². The number of aryl methyl sites for hydroxylation is 1. The highest BCUT2D eigenvalue weighted by molar-refractivity contribution is 8.14. The first-order valence-electron chi connectivity index (χ1n) is 8.05. The molecule has 0 bridgehead atoms. The maximum atomic E-state index is 4.89. The van der Waals surface area contributed by atoms with Crippen LogP contribution in [0.1, 0.15) is 52.5 Å². The van der Waals surface area contributed by atoms with Gasteiger partial charge in [0.05, 0.1) is 6.04 Å². The summed E-state index contributed by atoms with van der Waals surface area (Å²) < 4.78 is 0. The molecule has 0 amide bonds. The molecule has 0 saturated carbocycles. The third kappa shape index (κ3) is 5.06. The quantitative estimate of drug-likeness (QED) is 0.811. The van der Waals surface area contributed by atoms with Crippen LogP contribution in [0.3, 0.4) is 0 Å². The zero-order valence-corrected chi connectivity index (χ0v) is 14.6. The van der Waals surface area contributed by atoms with Crippen molar-refractivity contribution in [3.63, 3.8) is 0 Å². The van der Waals surface area contributed by atoms with Crippen LogP contribution in [0.15, 0.2) is 29.3 Å². The van der Waals surface area contributed by atoms with Gasteiger partial charge in [0.15, 0.2) is 5.17 Å². The molecule has 0 saturated heterocycles. The summed E-state index contributed by atoms with van der Waals surface area (Å²) in [5.74, 6) is 1.16. The minimum absolute atomic E-state index is 0.248. The van der Waals surface area contributed by atoms with E-state index in [9.17, 15) is 0 Å². The van der Waals surface area contributed by atoms with E-state index >= 15 is 0 Å². The molecule has 0 radical (unpaired) electrons. The lowest BCUT2D eigenvalue weighted by Crippen LogP contribution is -2.30. The Kier molecular flexibility index (Phi) is 5.74. The largest absolute Gasteiger partial charge is 0.335 e. The number of nitrogens with zero attached hydrogens (tertiary/aromatic N) is 1. The van der Waals surface area contributed by atoms with Crippen LogP contribution in [0.2, 0.25) is 0 Å². The molecule has 1 N–H and O–H groups in total. The molecule has 1 heterocycles. The molecular weight excluding hydrogens is 276 g/mol. The summed E-state index contributed by atoms with van der Waals surface area (Å²) in [4.78, 5) is 4.89. The highest BCUT2D eigenvalue weighted by atomic mass is 32.2. The SMILES string of the molecule is CCCCc1ccc(NC2=NC(C(C)(C)C)CCS2)cc1. The maximum Gasteiger partial charge on any atom is 0.161 e. The molecule has 1 aromatic carbocycles. The lowest BCUT2D eigenvalue weighted by molar-refractivity contribution is 0.316. The smallest absolute Gasteiger partial charge is 0.161 e. The van der Waals surface area contributed by atoms with E-state index < -0.39 is 0 Å². The van der Waals surface area contributed by atoms with Gasteiger partial charge in [-0.2, -0.15) is 0 Å². The van der Waals surface area contributed by atoms with Crippen LogP contribution in [0.4, 0.5) is 5.69 Å². The van der Waals surface area contributed by atoms with Gasteiger partial charge in [0.25, 0.3) is 0 Å². The first-order chi connectivity index (χ1) is 9.99. The van der Waals surface area contributed by atoms with E-state index in [4.69, 9.17) is 4.99 Å². The first kappa shape index (κ1) is 16.4. The molecular formula is C18H28N2S. The minimum atomic E-state index is 0.248. The second kappa shape index (κ2) is 7.35. The van der Waals surface area contributed by atoms with Crippen molar-refractivity contribution in [3.05, 3.63) is 29.8 Å². The van der Waals surface area contributed by atoms with E-state index in [1.807, 2.05) is 11.8 Å². The van der Waals surface area contributed by atoms with Gasteiger partial charge >= 0.3 is 0 Å². The molecule has 0 aromatic heterocycles. The lowest BCUT2D eigenvalue weighted by atomic mass is 9.85. The number of rotatable bonds is 4. The number of nitrogens with one attached hydrogen (secondary N) is 1. The fourth-order valence-corrected chi connectivity index (χ4v) is 3.39. The van der Waals surface area contributed by atoms with E-state index in [1.165, 1.54) is 31.2 Å². The van der Waals surface area contributed by atoms with Crippen molar-refractivity contribution in [3.8, 4) is 0 Å². The van der Waals surface area contributed by atoms with Crippen molar-refractivity contribution < 1.29 is 0 Å². The van der Waals surface area contributed by atoms with Gasteiger partial charge in [-0.3, -0.25) is 4.99 Å². The number of amidine groups is 1. The molecule has 2 rings (SSSR count). The minimum Gasteiger partial charge on any atom is -0.335 e. The molecule has 1 unspecified atom stereocenters. The van der Waals surface area contributed by atoms with Crippen LogP contribution in [0.25, 0.3) is 0 Å². The molecule has 21 heavy (non-hydrogen) atoms. The van der Waals surface area contributed by atoms with Gasteiger partial charge in [0.2, 0.25) is 0 Å². The molecule has 0 spiro atoms. The van der Waals surface area contributed by atoms with E-state index in [1.54, 1.807) is 0 Å². The second-order valence-electron chi connectivity index (χ2n) is 6.88. The summed E-state index contributed by atoms with van der Waals surface area (Å²) in [7, 11) is 0. The van der Waals surface area contributed by atoms with Crippen LogP contribution in [-0.4, -0.2) is 17.0 Å². The fraction of sp³-hybridized carbons (Fsp3) is 0.611. The van der Waals surface area contributed by atoms with Crippen molar-refractivity contribution in [2.45, 2.75) is 59.4 Å². The standard InChI is InChI=1S/C18H28N2S/c1-5-6-7-14-8-10-15(11-9-14)19-17-20-16(12-13-21-17)18(2,3)4/h8-11,16H,5-7,12-13H2,1-4H3,(H,19,20). The normalized spacial score (nSPS) is 19.2. The number of thioether (sulfide) groups is 1. The number of benzene rings is 1. The molecule has 1 atom stereocenters. The van der Waals surface area contributed by atoms with E-state index in [0.717, 1.165) is 16.6 Å². The predicted molar refractivity (Wildman–Crippen MR) is 96.4 cm³/mol. The number of aliphatic imine (C=N–C) groups is 1. The monoisotopic (exact) mass is 304 g/mol. The fourth-order valence-electron chi connectivity index (χ4n) is 2.46. The molecule has 1 aliphatic rings. The highest BCUT2D eigenvalue weighted by Gasteiger charge is 2.27. The second-order valence-corrected chi connectivity index (χ2v) is 7.96. The molecule has 0 aliphatic carbocycles. The molecule has 0 fully saturated rings. The predicted octanol–water partition coefficient (Wildman–Crippen LogP) is 5.35. The number of anilines is 1. The van der Waals surface area contributed by atoms with Crippen LogP contribution in [0, 0.1) is 5.41 Å². The summed E-state index contributed by atoms with van der Waals surface area (Å²) in [6.45, 7) is 9.06. The lowest BCUT2D eigenvalue weighted by Gasteiger charge is -2.31. The van der Waals surface area contributed by atoms with Gasteiger partial charge in [-0.15, -0.1) is 0 Å². The summed E-state index contributed by atoms with van der Waals surface area (Å²) in [5.41, 5.74) is 2.82. The summed E-state index contributed by atoms with van der Waals surface area (Å²) in [5, 5.41) is 4.55. The van der Waals surface area contributed by atoms with Gasteiger partial charge in [-0.1, -0.05) is 58.0 Å². The molecule has 1 aromatic rings. The zero-order chi connectivity index (χ0) is 15.3. The Balaban J connectivity index is 1.99. The third-order valence-corrected chi connectivity index (χ3v) is 4.85. The van der Waals surface area contributed by atoms with Gasteiger partial charge in [-0.25, -0.2) is 0 Å². The van der Waals surface area contributed by atoms with Gasteiger partial charge in [0.1, 0.15) is 0 Å². The molecule has 3 heteroatoms. The van der Waals surface area contributed by atoms with Crippen molar-refractivity contribution in [2.75, 3.05) is 11.1 Å². The van der Waals surface area contributed by atoms with Gasteiger partial charge in [-0.05, 0) is 42.4 Å². The summed E-state index contributed by atoms with van der Waals surface area (Å²) in [6.07, 6.45) is 4.87. The highest BCUT2D eigenvalue weighted by Crippen LogP contribution is 2.31. The van der Waals surface area contributed by atoms with Crippen molar-refractivity contribution in [1.29, 1.82) is 0 Å². The molecule has 1 aliphatic heterocycles.